The van der Waals surface area contributed by atoms with E-state index >= 15 is 0 Å². The van der Waals surface area contributed by atoms with Crippen LogP contribution >= 0.6 is 11.3 Å². The highest BCUT2D eigenvalue weighted by Gasteiger charge is 2.31. The quantitative estimate of drug-likeness (QED) is 0.0345. The number of nitrogens with zero attached hydrogens (tertiary/aromatic N) is 2. The van der Waals surface area contributed by atoms with E-state index in [1.54, 1.807) is 6.20 Å². The van der Waals surface area contributed by atoms with Gasteiger partial charge in [-0.05, 0) is 48.2 Å². The van der Waals surface area contributed by atoms with Gasteiger partial charge in [-0.2, -0.15) is 0 Å². The molecule has 0 aliphatic carbocycles. The van der Waals surface area contributed by atoms with E-state index in [1.165, 1.54) is 25.1 Å². The Morgan fingerprint density at radius 2 is 1.57 bits per heavy atom. The summed E-state index contributed by atoms with van der Waals surface area (Å²) < 4.78 is 0.497. The van der Waals surface area contributed by atoms with Crippen LogP contribution in [0.5, 0.6) is 0 Å². The lowest BCUT2D eigenvalue weighted by Crippen LogP contribution is -2.56. The summed E-state index contributed by atoms with van der Waals surface area (Å²) in [5.41, 5.74) is 13.9. The molecule has 5 aromatic rings. The van der Waals surface area contributed by atoms with Gasteiger partial charge in [0.15, 0.2) is 11.0 Å². The van der Waals surface area contributed by atoms with Gasteiger partial charge >= 0.3 is 5.97 Å². The van der Waals surface area contributed by atoms with Crippen LogP contribution in [-0.4, -0.2) is 75.2 Å². The standard InChI is InChI=1S/C36H38N8O6S/c1-20(45)41-29(17-23-19-40-25-11-6-5-10-24(23)25)33(48)43-28(16-21-8-3-2-4-9-21)32(47)42-27(12-7-15-39-36(37)38)31(46)34-44-26-14-13-22(35(49)50)18-30(26)51-34/h2-6,8-11,13-14,18-19,27-29,40H,7,12,15-17H2,1H3,(H,41,45)(H,42,47)(H,43,48)(H,49,50)(H4,37,38,39)/t27-,28-,29+/m0/s1. The number of thiazole rings is 1. The van der Waals surface area contributed by atoms with Gasteiger partial charge in [0.25, 0.3) is 0 Å². The third-order valence-electron chi connectivity index (χ3n) is 8.13. The number of fused-ring (bicyclic) bond motifs is 2. The Balaban J connectivity index is 1.41. The zero-order valence-corrected chi connectivity index (χ0v) is 28.5. The van der Waals surface area contributed by atoms with Crippen molar-refractivity contribution in [3.63, 3.8) is 0 Å². The smallest absolute Gasteiger partial charge is 0.335 e. The molecule has 14 nitrogen and oxygen atoms in total. The number of guanidine groups is 1. The van der Waals surface area contributed by atoms with Crippen molar-refractivity contribution in [2.45, 2.75) is 50.7 Å². The monoisotopic (exact) mass is 710 g/mol. The predicted octanol–water partition coefficient (Wildman–Crippen LogP) is 2.67. The van der Waals surface area contributed by atoms with Gasteiger partial charge in [-0.15, -0.1) is 11.3 Å². The van der Waals surface area contributed by atoms with E-state index < -0.39 is 47.6 Å². The SMILES string of the molecule is CC(=O)N[C@H](Cc1c[nH]c2ccccc12)C(=O)N[C@@H](Cc1ccccc1)C(=O)N[C@@H](CCCN=C(N)N)C(=O)c1nc2ccc(C(=O)O)cc2s1. The van der Waals surface area contributed by atoms with Crippen molar-refractivity contribution in [3.05, 3.63) is 101 Å². The number of Topliss-reactive ketones (excluding diaryl/α,β-unsaturated/α-hetero) is 1. The van der Waals surface area contributed by atoms with Crippen LogP contribution in [0.4, 0.5) is 0 Å². The van der Waals surface area contributed by atoms with Crippen LogP contribution in [-0.2, 0) is 27.2 Å². The lowest BCUT2D eigenvalue weighted by atomic mass is 10.0. The molecular formula is C36H38N8O6S. The molecule has 0 aliphatic heterocycles. The van der Waals surface area contributed by atoms with Crippen LogP contribution in [0.25, 0.3) is 21.1 Å². The third kappa shape index (κ3) is 9.54. The molecule has 2 aromatic heterocycles. The molecule has 51 heavy (non-hydrogen) atoms. The normalized spacial score (nSPS) is 12.8. The van der Waals surface area contributed by atoms with Crippen molar-refractivity contribution in [2.24, 2.45) is 16.5 Å². The molecular weight excluding hydrogens is 673 g/mol. The zero-order valence-electron chi connectivity index (χ0n) is 27.7. The van der Waals surface area contributed by atoms with E-state index in [4.69, 9.17) is 11.5 Å². The van der Waals surface area contributed by atoms with Crippen LogP contribution in [0.3, 0.4) is 0 Å². The summed E-state index contributed by atoms with van der Waals surface area (Å²) in [6, 6.07) is 17.8. The Hall–Kier alpha value is -6.09. The number of ketones is 1. The van der Waals surface area contributed by atoms with Crippen molar-refractivity contribution in [2.75, 3.05) is 6.54 Å². The topological polar surface area (TPSA) is 235 Å². The molecule has 264 valence electrons. The number of nitrogens with one attached hydrogen (secondary N) is 4. The van der Waals surface area contributed by atoms with Gasteiger partial charge in [-0.1, -0.05) is 48.5 Å². The molecule has 0 radical (unpaired) electrons. The summed E-state index contributed by atoms with van der Waals surface area (Å²) in [4.78, 5) is 77.1. The van der Waals surface area contributed by atoms with Crippen molar-refractivity contribution >= 4 is 67.9 Å². The average Bonchev–Trinajstić information content (AvgIpc) is 3.72. The number of benzene rings is 3. The van der Waals surface area contributed by atoms with Gasteiger partial charge in [-0.25, -0.2) is 9.78 Å². The van der Waals surface area contributed by atoms with Crippen LogP contribution in [0.1, 0.15) is 51.1 Å². The number of rotatable bonds is 16. The number of aromatic nitrogens is 2. The molecule has 0 fully saturated rings. The molecule has 5 rings (SSSR count). The summed E-state index contributed by atoms with van der Waals surface area (Å²) in [6.45, 7) is 1.51. The number of nitrogens with two attached hydrogens (primary N) is 2. The summed E-state index contributed by atoms with van der Waals surface area (Å²) in [5, 5.41) is 18.7. The number of H-pyrrole nitrogens is 1. The lowest BCUT2D eigenvalue weighted by Gasteiger charge is -2.25. The number of carbonyl (C=O) groups is 5. The summed E-state index contributed by atoms with van der Waals surface area (Å²) in [6.07, 6.45) is 2.49. The van der Waals surface area contributed by atoms with Crippen molar-refractivity contribution in [1.82, 2.24) is 25.9 Å². The fourth-order valence-corrected chi connectivity index (χ4v) is 6.66. The predicted molar refractivity (Wildman–Crippen MR) is 194 cm³/mol. The first-order valence-corrected chi connectivity index (χ1v) is 17.0. The molecule has 0 saturated heterocycles. The van der Waals surface area contributed by atoms with Gasteiger partial charge < -0.3 is 37.5 Å². The minimum atomic E-state index is -1.14. The van der Waals surface area contributed by atoms with E-state index in [2.05, 4.69) is 30.9 Å². The number of hydrogen-bond acceptors (Lipinski definition) is 8. The number of carbonyl (C=O) groups excluding carboxylic acids is 4. The maximum absolute atomic E-state index is 14.1. The first kappa shape index (κ1) is 36.2. The number of aromatic amines is 1. The minimum absolute atomic E-state index is 0.0500. The second kappa shape index (κ2) is 16.5. The van der Waals surface area contributed by atoms with Gasteiger partial charge in [-0.3, -0.25) is 24.2 Å². The molecule has 3 atom stereocenters. The number of hydrogen-bond donors (Lipinski definition) is 7. The second-order valence-electron chi connectivity index (χ2n) is 11.9. The fourth-order valence-electron chi connectivity index (χ4n) is 5.66. The van der Waals surface area contributed by atoms with Crippen molar-refractivity contribution < 1.29 is 29.1 Å². The van der Waals surface area contributed by atoms with Crippen molar-refractivity contribution in [3.8, 4) is 0 Å². The van der Waals surface area contributed by atoms with Crippen LogP contribution in [0.2, 0.25) is 0 Å². The number of amides is 3. The first-order chi connectivity index (χ1) is 24.5. The Kier molecular flexibility index (Phi) is 11.7. The maximum atomic E-state index is 14.1. The lowest BCUT2D eigenvalue weighted by molar-refractivity contribution is -0.131. The summed E-state index contributed by atoms with van der Waals surface area (Å²) in [7, 11) is 0. The maximum Gasteiger partial charge on any atom is 0.335 e. The molecule has 0 unspecified atom stereocenters. The average molecular weight is 711 g/mol. The van der Waals surface area contributed by atoms with Gasteiger partial charge in [0.2, 0.25) is 23.5 Å². The van der Waals surface area contributed by atoms with Crippen LogP contribution < -0.4 is 27.4 Å². The molecule has 0 spiro atoms. The fraction of sp³-hybridized carbons (Fsp3) is 0.250. The summed E-state index contributed by atoms with van der Waals surface area (Å²) >= 11 is 1.01. The van der Waals surface area contributed by atoms with E-state index in [-0.39, 0.29) is 42.3 Å². The van der Waals surface area contributed by atoms with E-state index in [0.717, 1.165) is 33.4 Å². The van der Waals surface area contributed by atoms with Gasteiger partial charge in [0.05, 0.1) is 21.8 Å². The molecule has 9 N–H and O–H groups in total. The van der Waals surface area contributed by atoms with Crippen molar-refractivity contribution in [1.29, 1.82) is 0 Å². The number of carboxylic acids is 1. The first-order valence-electron chi connectivity index (χ1n) is 16.2. The van der Waals surface area contributed by atoms with E-state index in [9.17, 15) is 29.1 Å². The van der Waals surface area contributed by atoms with Crippen LogP contribution in [0.15, 0.2) is 84.0 Å². The second-order valence-corrected chi connectivity index (χ2v) is 13.0. The molecule has 3 aromatic carbocycles. The van der Waals surface area contributed by atoms with Crippen LogP contribution in [0, 0.1) is 0 Å². The molecule has 3 amide bonds. The third-order valence-corrected chi connectivity index (χ3v) is 9.17. The number of para-hydroxylation sites is 1. The minimum Gasteiger partial charge on any atom is -0.478 e. The largest absolute Gasteiger partial charge is 0.478 e. The van der Waals surface area contributed by atoms with E-state index in [1.807, 2.05) is 54.6 Å². The molecule has 2 heterocycles. The number of carboxylic acid groups (broad SMARTS) is 1. The highest BCUT2D eigenvalue weighted by molar-refractivity contribution is 7.20. The highest BCUT2D eigenvalue weighted by Crippen LogP contribution is 2.25. The Morgan fingerprint density at radius 1 is 0.882 bits per heavy atom. The molecule has 0 bridgehead atoms. The molecule has 0 aliphatic rings. The molecule has 15 heteroatoms. The Labute approximate surface area is 296 Å². The van der Waals surface area contributed by atoms with E-state index in [0.29, 0.717) is 16.6 Å². The number of aliphatic imine (C=N–C) groups is 1. The summed E-state index contributed by atoms with van der Waals surface area (Å²) in [5.74, 6) is -3.35. The number of aromatic carboxylic acids is 1. The molecule has 0 saturated carbocycles. The van der Waals surface area contributed by atoms with Gasteiger partial charge in [0, 0.05) is 43.4 Å². The Bertz CT molecular complexity index is 2090. The zero-order chi connectivity index (χ0) is 36.5. The highest BCUT2D eigenvalue weighted by atomic mass is 32.1. The Morgan fingerprint density at radius 3 is 2.27 bits per heavy atom. The van der Waals surface area contributed by atoms with Gasteiger partial charge in [0.1, 0.15) is 12.1 Å².